The molecule has 208 valence electrons. The van der Waals surface area contributed by atoms with Crippen molar-refractivity contribution in [3.05, 3.63) is 69.7 Å². The minimum atomic E-state index is -3.61. The van der Waals surface area contributed by atoms with Crippen LogP contribution in [0.2, 0.25) is 10.0 Å². The highest BCUT2D eigenvalue weighted by Crippen LogP contribution is 2.51. The van der Waals surface area contributed by atoms with Gasteiger partial charge in [0.25, 0.3) is 0 Å². The number of halogens is 2. The summed E-state index contributed by atoms with van der Waals surface area (Å²) in [5.74, 6) is -2.17. The van der Waals surface area contributed by atoms with Crippen LogP contribution < -0.4 is 0 Å². The van der Waals surface area contributed by atoms with Crippen LogP contribution in [-0.4, -0.2) is 59.0 Å². The number of carboxylic acid groups (broad SMARTS) is 1. The van der Waals surface area contributed by atoms with E-state index in [2.05, 4.69) is 0 Å². The van der Waals surface area contributed by atoms with Crippen LogP contribution in [0.4, 0.5) is 0 Å². The van der Waals surface area contributed by atoms with Gasteiger partial charge in [0.15, 0.2) is 0 Å². The number of rotatable bonds is 10. The van der Waals surface area contributed by atoms with Crippen LogP contribution in [0.1, 0.15) is 70.5 Å². The van der Waals surface area contributed by atoms with Gasteiger partial charge in [-0.25, -0.2) is 8.42 Å². The number of amides is 1. The van der Waals surface area contributed by atoms with E-state index in [0.29, 0.717) is 16.5 Å². The van der Waals surface area contributed by atoms with Gasteiger partial charge in [-0.05, 0) is 69.0 Å². The molecule has 10 heteroatoms. The maximum atomic E-state index is 14.2. The fourth-order valence-electron chi connectivity index (χ4n) is 5.27. The lowest BCUT2D eigenvalue weighted by Crippen LogP contribution is -2.60. The Morgan fingerprint density at radius 1 is 1.11 bits per heavy atom. The molecule has 1 amide bonds. The quantitative estimate of drug-likeness (QED) is 0.348. The third-order valence-electron chi connectivity index (χ3n) is 7.56. The van der Waals surface area contributed by atoms with E-state index < -0.39 is 50.6 Å². The molecule has 2 aromatic rings. The smallest absolute Gasteiger partial charge is 0.318 e. The van der Waals surface area contributed by atoms with Crippen molar-refractivity contribution in [2.24, 2.45) is 5.41 Å². The molecule has 2 aromatic carbocycles. The molecular weight excluding hydrogens is 547 g/mol. The van der Waals surface area contributed by atoms with Crippen molar-refractivity contribution >= 4 is 45.1 Å². The van der Waals surface area contributed by atoms with E-state index in [9.17, 15) is 23.1 Å². The minimum Gasteiger partial charge on any atom is -0.480 e. The molecule has 1 heterocycles. The summed E-state index contributed by atoms with van der Waals surface area (Å²) in [6.07, 6.45) is 0.488. The molecule has 0 bridgehead atoms. The number of sulfonamides is 1. The predicted octanol–water partition coefficient (Wildman–Crippen LogP) is 5.98. The van der Waals surface area contributed by atoms with Gasteiger partial charge in [-0.15, -0.1) is 0 Å². The average Bonchev–Trinajstić information content (AvgIpc) is 2.86. The van der Waals surface area contributed by atoms with Gasteiger partial charge < -0.3 is 10.0 Å². The predicted molar refractivity (Wildman–Crippen MR) is 151 cm³/mol. The molecule has 0 radical (unpaired) electrons. The van der Waals surface area contributed by atoms with Gasteiger partial charge in [0.2, 0.25) is 15.9 Å². The number of hydrogen-bond acceptors (Lipinski definition) is 4. The van der Waals surface area contributed by atoms with Gasteiger partial charge in [-0.1, -0.05) is 61.3 Å². The van der Waals surface area contributed by atoms with Gasteiger partial charge in [-0.2, -0.15) is 4.31 Å². The zero-order valence-corrected chi connectivity index (χ0v) is 24.7. The summed E-state index contributed by atoms with van der Waals surface area (Å²) in [4.78, 5) is 28.4. The van der Waals surface area contributed by atoms with Crippen LogP contribution in [0.25, 0.3) is 0 Å². The number of benzene rings is 2. The molecule has 3 rings (SSSR count). The van der Waals surface area contributed by atoms with Gasteiger partial charge in [0.05, 0.1) is 11.3 Å². The maximum Gasteiger partial charge on any atom is 0.318 e. The average molecular weight is 584 g/mol. The number of aliphatic carboxylic acids is 1. The summed E-state index contributed by atoms with van der Waals surface area (Å²) in [6.45, 7) is 8.64. The topological polar surface area (TPSA) is 95.0 Å². The largest absolute Gasteiger partial charge is 0.480 e. The summed E-state index contributed by atoms with van der Waals surface area (Å²) in [5, 5.41) is 10.7. The number of likely N-dealkylation sites (tertiary alicyclic amines) is 1. The Hall–Kier alpha value is -2.13. The fraction of sp³-hybridized carbons (Fsp3) is 0.500. The maximum absolute atomic E-state index is 14.2. The molecule has 0 spiro atoms. The van der Waals surface area contributed by atoms with Crippen LogP contribution in [0.3, 0.4) is 0 Å². The number of carbonyl (C=O) groups excluding carboxylic acids is 1. The first kappa shape index (κ1) is 30.4. The summed E-state index contributed by atoms with van der Waals surface area (Å²) < 4.78 is 27.6. The molecule has 1 saturated heterocycles. The van der Waals surface area contributed by atoms with Crippen molar-refractivity contribution in [2.75, 3.05) is 13.1 Å². The molecule has 1 fully saturated rings. The Morgan fingerprint density at radius 2 is 1.74 bits per heavy atom. The van der Waals surface area contributed by atoms with E-state index in [1.54, 1.807) is 56.0 Å². The molecule has 0 aromatic heterocycles. The number of hydrogen-bond donors (Lipinski definition) is 1. The summed E-state index contributed by atoms with van der Waals surface area (Å²) >= 11 is 12.5. The van der Waals surface area contributed by atoms with Crippen molar-refractivity contribution < 1.29 is 23.1 Å². The summed E-state index contributed by atoms with van der Waals surface area (Å²) in [7, 11) is -3.61. The lowest BCUT2D eigenvalue weighted by atomic mass is 9.68. The molecule has 38 heavy (non-hydrogen) atoms. The molecule has 0 unspecified atom stereocenters. The molecule has 7 nitrogen and oxygen atoms in total. The lowest BCUT2D eigenvalue weighted by Gasteiger charge is -2.51. The van der Waals surface area contributed by atoms with Gasteiger partial charge in [0, 0.05) is 35.1 Å². The number of likely N-dealkylation sites (N-methyl/N-ethyl adjacent to an activating group) is 1. The van der Waals surface area contributed by atoms with Crippen LogP contribution in [-0.2, 0) is 19.6 Å². The summed E-state index contributed by atoms with van der Waals surface area (Å²) in [6, 6.07) is 13.3. The number of piperidine rings is 1. The second-order valence-electron chi connectivity index (χ2n) is 10.3. The molecule has 4 atom stereocenters. The first-order valence-electron chi connectivity index (χ1n) is 12.8. The molecule has 0 aliphatic carbocycles. The van der Waals surface area contributed by atoms with E-state index >= 15 is 0 Å². The number of carbonyl (C=O) groups is 2. The molecule has 1 aliphatic heterocycles. The highest BCUT2D eigenvalue weighted by molar-refractivity contribution is 7.89. The van der Waals surface area contributed by atoms with Gasteiger partial charge in [-0.3, -0.25) is 9.59 Å². The van der Waals surface area contributed by atoms with Crippen molar-refractivity contribution in [1.82, 2.24) is 9.21 Å². The van der Waals surface area contributed by atoms with E-state index in [4.69, 9.17) is 23.2 Å². The Bertz CT molecular complexity index is 1270. The zero-order valence-electron chi connectivity index (χ0n) is 22.4. The van der Waals surface area contributed by atoms with Crippen LogP contribution in [0.15, 0.2) is 48.5 Å². The Kier molecular flexibility index (Phi) is 9.56. The van der Waals surface area contributed by atoms with E-state index in [1.165, 1.54) is 11.2 Å². The van der Waals surface area contributed by atoms with E-state index in [-0.39, 0.29) is 19.5 Å². The van der Waals surface area contributed by atoms with Gasteiger partial charge in [0.1, 0.15) is 5.41 Å². The van der Waals surface area contributed by atoms with Crippen molar-refractivity contribution in [3.8, 4) is 0 Å². The van der Waals surface area contributed by atoms with E-state index in [1.807, 2.05) is 25.1 Å². The molecule has 1 N–H and O–H groups in total. The van der Waals surface area contributed by atoms with Crippen LogP contribution in [0, 0.1) is 5.41 Å². The Morgan fingerprint density at radius 3 is 2.24 bits per heavy atom. The SMILES string of the molecule is CC[C@@H](CN(CC)S(=O)(=O)C(C)C)N1C(=O)[C@@](C)(C(=O)O)C[C@H](c2cccc(Cl)c2)[C@H]1c1ccc(Cl)cc1. The second-order valence-corrected chi connectivity index (χ2v) is 13.7. The normalized spacial score (nSPS) is 23.2. The molecule has 1 aliphatic rings. The first-order chi connectivity index (χ1) is 17.8. The van der Waals surface area contributed by atoms with Gasteiger partial charge >= 0.3 is 5.97 Å². The Balaban J connectivity index is 2.25. The monoisotopic (exact) mass is 582 g/mol. The number of carboxylic acids is 1. The van der Waals surface area contributed by atoms with E-state index in [0.717, 1.165) is 11.1 Å². The second kappa shape index (κ2) is 11.9. The number of nitrogens with zero attached hydrogens (tertiary/aromatic N) is 2. The minimum absolute atomic E-state index is 0.0569. The lowest BCUT2D eigenvalue weighted by molar-refractivity contribution is -0.169. The fourth-order valence-corrected chi connectivity index (χ4v) is 6.93. The molecular formula is C28H36Cl2N2O5S. The third-order valence-corrected chi connectivity index (χ3v) is 10.4. The van der Waals surface area contributed by atoms with Crippen LogP contribution >= 0.6 is 23.2 Å². The first-order valence-corrected chi connectivity index (χ1v) is 15.1. The van der Waals surface area contributed by atoms with Crippen molar-refractivity contribution in [1.29, 1.82) is 0 Å². The molecule has 0 saturated carbocycles. The standard InChI is InChI=1S/C28H36Cl2N2O5S/c1-6-23(17-31(7-2)38(36,37)18(3)4)32-25(19-11-13-21(29)14-12-19)24(20-9-8-10-22(30)15-20)16-28(5,26(32)33)27(34)35/h8-15,18,23-25H,6-7,16-17H2,1-5H3,(H,34,35)/t23-,24+,25+,28-/m0/s1. The van der Waals surface area contributed by atoms with Crippen molar-refractivity contribution in [2.45, 2.75) is 70.7 Å². The highest BCUT2D eigenvalue weighted by atomic mass is 35.5. The van der Waals surface area contributed by atoms with Crippen LogP contribution in [0.5, 0.6) is 0 Å². The highest BCUT2D eigenvalue weighted by Gasteiger charge is 2.55. The Labute approximate surface area is 235 Å². The zero-order chi connectivity index (χ0) is 28.4. The summed E-state index contributed by atoms with van der Waals surface area (Å²) in [5.41, 5.74) is -0.120. The van der Waals surface area contributed by atoms with Crippen molar-refractivity contribution in [3.63, 3.8) is 0 Å². The third kappa shape index (κ3) is 5.88.